The molecule has 110 valence electrons. The van der Waals surface area contributed by atoms with Crippen LogP contribution in [0.3, 0.4) is 0 Å². The fourth-order valence-corrected chi connectivity index (χ4v) is 3.48. The predicted molar refractivity (Wildman–Crippen MR) is 76.6 cm³/mol. The second kappa shape index (κ2) is 6.08. The van der Waals surface area contributed by atoms with Crippen molar-refractivity contribution in [1.29, 1.82) is 0 Å². The summed E-state index contributed by atoms with van der Waals surface area (Å²) in [5.74, 6) is 0.346. The van der Waals surface area contributed by atoms with Gasteiger partial charge in [0.25, 0.3) is 0 Å². The molecule has 4 nitrogen and oxygen atoms in total. The minimum atomic E-state index is 0.0647. The maximum Gasteiger partial charge on any atom is 0.144 e. The molecular formula is C16H24N2O2. The molecule has 1 aromatic rings. The highest BCUT2D eigenvalue weighted by molar-refractivity contribution is 5.83. The van der Waals surface area contributed by atoms with Gasteiger partial charge in [0.15, 0.2) is 0 Å². The average molecular weight is 276 g/mol. The van der Waals surface area contributed by atoms with Gasteiger partial charge in [-0.25, -0.2) is 0 Å². The topological polar surface area (TPSA) is 44.1 Å². The fraction of sp³-hybridized carbons (Fsp3) is 0.750. The average Bonchev–Trinajstić information content (AvgIpc) is 3.09. The second-order valence-electron chi connectivity index (χ2n) is 6.19. The number of hydrogen-bond donors (Lipinski definition) is 0. The molecule has 0 amide bonds. The molecule has 1 saturated heterocycles. The van der Waals surface area contributed by atoms with E-state index in [1.807, 2.05) is 19.2 Å². The van der Waals surface area contributed by atoms with Gasteiger partial charge < -0.3 is 4.74 Å². The number of carbonyl (C=O) groups is 1. The van der Waals surface area contributed by atoms with Crippen LogP contribution in [0.15, 0.2) is 12.3 Å². The van der Waals surface area contributed by atoms with Crippen LogP contribution in [-0.2, 0) is 16.0 Å². The lowest BCUT2D eigenvalue weighted by Crippen LogP contribution is -2.23. The number of carbonyl (C=O) groups excluding carboxylic acids is 1. The van der Waals surface area contributed by atoms with Gasteiger partial charge in [-0.15, -0.1) is 0 Å². The molecule has 2 unspecified atom stereocenters. The number of hydrogen-bond acceptors (Lipinski definition) is 3. The highest BCUT2D eigenvalue weighted by Gasteiger charge is 2.30. The van der Waals surface area contributed by atoms with Gasteiger partial charge >= 0.3 is 0 Å². The number of nitrogens with zero attached hydrogens (tertiary/aromatic N) is 2. The molecule has 1 saturated carbocycles. The monoisotopic (exact) mass is 276 g/mol. The summed E-state index contributed by atoms with van der Waals surface area (Å²) in [5, 5.41) is 4.63. The van der Waals surface area contributed by atoms with E-state index in [2.05, 4.69) is 9.78 Å². The van der Waals surface area contributed by atoms with Crippen molar-refractivity contribution in [1.82, 2.24) is 9.78 Å². The molecule has 0 N–H and O–H groups in total. The Hall–Kier alpha value is -1.16. The molecule has 2 fully saturated rings. The maximum atomic E-state index is 12.3. The molecule has 0 radical (unpaired) electrons. The summed E-state index contributed by atoms with van der Waals surface area (Å²) in [4.78, 5) is 12.3. The van der Waals surface area contributed by atoms with Crippen molar-refractivity contribution < 1.29 is 9.53 Å². The van der Waals surface area contributed by atoms with E-state index < -0.39 is 0 Å². The van der Waals surface area contributed by atoms with E-state index in [9.17, 15) is 4.79 Å². The van der Waals surface area contributed by atoms with Crippen LogP contribution in [-0.4, -0.2) is 28.3 Å². The number of ketones is 1. The smallest absolute Gasteiger partial charge is 0.144 e. The van der Waals surface area contributed by atoms with Gasteiger partial charge in [0.2, 0.25) is 0 Å². The summed E-state index contributed by atoms with van der Waals surface area (Å²) in [5.41, 5.74) is 0.916. The SMILES string of the molecule is CC1OCCC1C(=O)Cc1ccn(C2CCCCC2)n1. The van der Waals surface area contributed by atoms with Crippen molar-refractivity contribution >= 4 is 5.78 Å². The molecular weight excluding hydrogens is 252 g/mol. The first kappa shape index (κ1) is 13.8. The Morgan fingerprint density at radius 1 is 1.35 bits per heavy atom. The molecule has 1 aromatic heterocycles. The molecule has 3 rings (SSSR count). The Bertz CT molecular complexity index is 463. The molecule has 0 aromatic carbocycles. The van der Waals surface area contributed by atoms with Crippen molar-refractivity contribution in [2.75, 3.05) is 6.61 Å². The van der Waals surface area contributed by atoms with Crippen LogP contribution in [0, 0.1) is 5.92 Å². The standard InChI is InChI=1S/C16H24N2O2/c1-12-15(8-10-20-12)16(19)11-13-7-9-18(17-13)14-5-3-2-4-6-14/h7,9,12,14-15H,2-6,8,10-11H2,1H3. The number of rotatable bonds is 4. The van der Waals surface area contributed by atoms with Gasteiger partial charge in [0, 0.05) is 18.7 Å². The van der Waals surface area contributed by atoms with Gasteiger partial charge in [-0.2, -0.15) is 5.10 Å². The summed E-state index contributed by atoms with van der Waals surface area (Å²) < 4.78 is 7.56. The number of ether oxygens (including phenoxy) is 1. The zero-order valence-electron chi connectivity index (χ0n) is 12.3. The van der Waals surface area contributed by atoms with E-state index in [0.29, 0.717) is 19.1 Å². The first-order valence-corrected chi connectivity index (χ1v) is 7.92. The summed E-state index contributed by atoms with van der Waals surface area (Å²) in [7, 11) is 0. The predicted octanol–water partition coefficient (Wildman–Crippen LogP) is 2.92. The lowest BCUT2D eigenvalue weighted by atomic mass is 9.94. The summed E-state index contributed by atoms with van der Waals surface area (Å²) in [6.45, 7) is 2.71. The molecule has 2 atom stereocenters. The van der Waals surface area contributed by atoms with E-state index in [-0.39, 0.29) is 17.8 Å². The molecule has 1 aliphatic heterocycles. The van der Waals surface area contributed by atoms with Gasteiger partial charge in [-0.05, 0) is 32.3 Å². The van der Waals surface area contributed by atoms with Crippen molar-refractivity contribution in [2.45, 2.75) is 64.0 Å². The van der Waals surface area contributed by atoms with Crippen LogP contribution in [0.2, 0.25) is 0 Å². The Morgan fingerprint density at radius 3 is 2.85 bits per heavy atom. The quantitative estimate of drug-likeness (QED) is 0.849. The Kier molecular flexibility index (Phi) is 4.20. The molecule has 20 heavy (non-hydrogen) atoms. The fourth-order valence-electron chi connectivity index (χ4n) is 3.48. The van der Waals surface area contributed by atoms with Crippen LogP contribution < -0.4 is 0 Å². The van der Waals surface area contributed by atoms with Crippen LogP contribution in [0.5, 0.6) is 0 Å². The van der Waals surface area contributed by atoms with Gasteiger partial charge in [0.1, 0.15) is 5.78 Å². The lowest BCUT2D eigenvalue weighted by Gasteiger charge is -2.21. The van der Waals surface area contributed by atoms with Crippen molar-refractivity contribution in [3.63, 3.8) is 0 Å². The second-order valence-corrected chi connectivity index (χ2v) is 6.19. The van der Waals surface area contributed by atoms with E-state index in [1.165, 1.54) is 32.1 Å². The Balaban J connectivity index is 1.60. The van der Waals surface area contributed by atoms with Gasteiger partial charge in [-0.1, -0.05) is 19.3 Å². The zero-order chi connectivity index (χ0) is 13.9. The highest BCUT2D eigenvalue weighted by Crippen LogP contribution is 2.28. The molecule has 2 heterocycles. The zero-order valence-corrected chi connectivity index (χ0v) is 12.3. The van der Waals surface area contributed by atoms with Crippen molar-refractivity contribution in [3.05, 3.63) is 18.0 Å². The van der Waals surface area contributed by atoms with Gasteiger partial charge in [-0.3, -0.25) is 9.48 Å². The van der Waals surface area contributed by atoms with E-state index >= 15 is 0 Å². The van der Waals surface area contributed by atoms with E-state index in [4.69, 9.17) is 4.74 Å². The first-order valence-electron chi connectivity index (χ1n) is 7.92. The Morgan fingerprint density at radius 2 is 2.15 bits per heavy atom. The Labute approximate surface area is 120 Å². The minimum Gasteiger partial charge on any atom is -0.378 e. The van der Waals surface area contributed by atoms with E-state index in [0.717, 1.165) is 12.1 Å². The molecule has 4 heteroatoms. The molecule has 0 spiro atoms. The van der Waals surface area contributed by atoms with Crippen molar-refractivity contribution in [2.24, 2.45) is 5.92 Å². The summed E-state index contributed by atoms with van der Waals surface area (Å²) in [6.07, 6.45) is 9.84. The third kappa shape index (κ3) is 2.95. The van der Waals surface area contributed by atoms with Crippen LogP contribution in [0.25, 0.3) is 0 Å². The summed E-state index contributed by atoms with van der Waals surface area (Å²) >= 11 is 0. The van der Waals surface area contributed by atoms with E-state index in [1.54, 1.807) is 0 Å². The molecule has 1 aliphatic carbocycles. The minimum absolute atomic E-state index is 0.0647. The molecule has 2 aliphatic rings. The number of aromatic nitrogens is 2. The largest absolute Gasteiger partial charge is 0.378 e. The van der Waals surface area contributed by atoms with Crippen LogP contribution >= 0.6 is 0 Å². The van der Waals surface area contributed by atoms with Crippen molar-refractivity contribution in [3.8, 4) is 0 Å². The van der Waals surface area contributed by atoms with Crippen LogP contribution in [0.1, 0.15) is 57.2 Å². The number of Topliss-reactive ketones (excluding diaryl/α,β-unsaturated/α-hetero) is 1. The third-order valence-electron chi connectivity index (χ3n) is 4.76. The highest BCUT2D eigenvalue weighted by atomic mass is 16.5. The maximum absolute atomic E-state index is 12.3. The first-order chi connectivity index (χ1) is 9.74. The van der Waals surface area contributed by atoms with Crippen LogP contribution in [0.4, 0.5) is 0 Å². The van der Waals surface area contributed by atoms with Gasteiger partial charge in [0.05, 0.1) is 24.3 Å². The third-order valence-corrected chi connectivity index (χ3v) is 4.76. The normalized spacial score (nSPS) is 27.9. The summed E-state index contributed by atoms with van der Waals surface area (Å²) in [6, 6.07) is 2.55. The lowest BCUT2D eigenvalue weighted by molar-refractivity contribution is -0.123. The molecule has 0 bridgehead atoms.